The maximum Gasteiger partial charge on any atom is 0.251 e. The summed E-state index contributed by atoms with van der Waals surface area (Å²) in [5, 5.41) is 3.97. The van der Waals surface area contributed by atoms with Crippen LogP contribution < -0.4 is 10.1 Å². The first-order chi connectivity index (χ1) is 10.7. The number of carbonyl (C=O) groups excluding carboxylic acids is 1. The van der Waals surface area contributed by atoms with Gasteiger partial charge in [0, 0.05) is 10.9 Å². The third-order valence-electron chi connectivity index (χ3n) is 3.57. The molecule has 1 aromatic heterocycles. The molecule has 0 aliphatic rings. The smallest absolute Gasteiger partial charge is 0.251 e. The molecule has 0 radical (unpaired) electrons. The van der Waals surface area contributed by atoms with E-state index in [9.17, 15) is 4.79 Å². The third-order valence-corrected chi connectivity index (χ3v) is 3.57. The van der Waals surface area contributed by atoms with Crippen LogP contribution in [0.25, 0.3) is 11.0 Å². The van der Waals surface area contributed by atoms with Crippen LogP contribution in [0.5, 0.6) is 5.75 Å². The first kappa shape index (κ1) is 14.2. The molecule has 4 nitrogen and oxygen atoms in total. The van der Waals surface area contributed by atoms with E-state index in [4.69, 9.17) is 9.15 Å². The van der Waals surface area contributed by atoms with Crippen LogP contribution in [-0.2, 0) is 0 Å². The molecule has 0 aliphatic carbocycles. The molecule has 1 amide bonds. The quantitative estimate of drug-likeness (QED) is 0.793. The van der Waals surface area contributed by atoms with E-state index in [1.807, 2.05) is 37.3 Å². The largest absolute Gasteiger partial charge is 0.497 e. The maximum absolute atomic E-state index is 12.2. The van der Waals surface area contributed by atoms with Gasteiger partial charge in [0.1, 0.15) is 17.1 Å². The lowest BCUT2D eigenvalue weighted by molar-refractivity contribution is 0.0935. The predicted octanol–water partition coefficient (Wildman–Crippen LogP) is 3.93. The summed E-state index contributed by atoms with van der Waals surface area (Å²) in [7, 11) is 1.60. The fourth-order valence-corrected chi connectivity index (χ4v) is 2.31. The summed E-state index contributed by atoms with van der Waals surface area (Å²) in [4.78, 5) is 12.2. The van der Waals surface area contributed by atoms with E-state index >= 15 is 0 Å². The minimum atomic E-state index is -0.206. The molecule has 0 saturated carbocycles. The number of ether oxygens (including phenoxy) is 1. The molecule has 1 heterocycles. The van der Waals surface area contributed by atoms with Crippen LogP contribution in [0.2, 0.25) is 0 Å². The fraction of sp³-hybridized carbons (Fsp3) is 0.167. The van der Waals surface area contributed by atoms with Crippen LogP contribution in [0.4, 0.5) is 0 Å². The molecule has 22 heavy (non-hydrogen) atoms. The molecule has 3 rings (SSSR count). The van der Waals surface area contributed by atoms with Crippen molar-refractivity contribution >= 4 is 16.9 Å². The Bertz CT molecular complexity index is 756. The van der Waals surface area contributed by atoms with Gasteiger partial charge in [-0.1, -0.05) is 18.2 Å². The SMILES string of the molecule is COc1ccc(C(=O)N[C@H](C)c2cc3ccccc3o2)cc1. The molecule has 4 heteroatoms. The number of rotatable bonds is 4. The molecular formula is C18H17NO3. The van der Waals surface area contributed by atoms with Crippen molar-refractivity contribution in [1.82, 2.24) is 5.32 Å². The number of carbonyl (C=O) groups is 1. The normalized spacial score (nSPS) is 12.1. The van der Waals surface area contributed by atoms with Crippen molar-refractivity contribution in [3.8, 4) is 5.75 Å². The molecule has 2 aromatic carbocycles. The molecule has 3 aromatic rings. The Kier molecular flexibility index (Phi) is 3.83. The summed E-state index contributed by atoms with van der Waals surface area (Å²) in [6, 6.07) is 16.5. The van der Waals surface area contributed by atoms with E-state index in [-0.39, 0.29) is 11.9 Å². The number of benzene rings is 2. The molecule has 0 fully saturated rings. The summed E-state index contributed by atoms with van der Waals surface area (Å²) >= 11 is 0. The van der Waals surface area contributed by atoms with Crippen LogP contribution in [0.15, 0.2) is 59.0 Å². The van der Waals surface area contributed by atoms with Crippen molar-refractivity contribution in [3.05, 3.63) is 65.9 Å². The predicted molar refractivity (Wildman–Crippen MR) is 85.1 cm³/mol. The van der Waals surface area contributed by atoms with E-state index in [1.54, 1.807) is 31.4 Å². The highest BCUT2D eigenvalue weighted by Crippen LogP contribution is 2.23. The molecule has 1 N–H and O–H groups in total. The van der Waals surface area contributed by atoms with Crippen LogP contribution in [-0.4, -0.2) is 13.0 Å². The topological polar surface area (TPSA) is 51.5 Å². The van der Waals surface area contributed by atoms with Gasteiger partial charge in [-0.2, -0.15) is 0 Å². The van der Waals surface area contributed by atoms with Crippen LogP contribution in [0.3, 0.4) is 0 Å². The highest BCUT2D eigenvalue weighted by atomic mass is 16.5. The second kappa shape index (κ2) is 5.93. The van der Waals surface area contributed by atoms with Gasteiger partial charge in [0.2, 0.25) is 0 Å². The number of para-hydroxylation sites is 1. The summed E-state index contributed by atoms with van der Waals surface area (Å²) in [6.07, 6.45) is 0. The Morgan fingerprint density at radius 3 is 2.55 bits per heavy atom. The van der Waals surface area contributed by atoms with Gasteiger partial charge < -0.3 is 14.5 Å². The van der Waals surface area contributed by atoms with Crippen molar-refractivity contribution in [1.29, 1.82) is 0 Å². The zero-order valence-corrected chi connectivity index (χ0v) is 12.5. The summed E-state index contributed by atoms with van der Waals surface area (Å²) < 4.78 is 10.9. The Balaban J connectivity index is 1.74. The number of furan rings is 1. The third kappa shape index (κ3) is 2.81. The Morgan fingerprint density at radius 1 is 1.14 bits per heavy atom. The van der Waals surface area contributed by atoms with Gasteiger partial charge in [-0.05, 0) is 43.3 Å². The fourth-order valence-electron chi connectivity index (χ4n) is 2.31. The van der Waals surface area contributed by atoms with E-state index < -0.39 is 0 Å². The lowest BCUT2D eigenvalue weighted by Gasteiger charge is -2.11. The zero-order chi connectivity index (χ0) is 15.5. The zero-order valence-electron chi connectivity index (χ0n) is 12.5. The van der Waals surface area contributed by atoms with Gasteiger partial charge in [-0.25, -0.2) is 0 Å². The van der Waals surface area contributed by atoms with Crippen molar-refractivity contribution in [3.63, 3.8) is 0 Å². The van der Waals surface area contributed by atoms with Crippen molar-refractivity contribution < 1.29 is 13.9 Å². The standard InChI is InChI=1S/C18H17NO3/c1-12(17-11-14-5-3-4-6-16(14)22-17)19-18(20)13-7-9-15(21-2)10-8-13/h3-12H,1-2H3,(H,19,20)/t12-/m1/s1. The van der Waals surface area contributed by atoms with E-state index in [2.05, 4.69) is 5.32 Å². The van der Waals surface area contributed by atoms with Gasteiger partial charge in [0.25, 0.3) is 5.91 Å². The molecule has 112 valence electrons. The van der Waals surface area contributed by atoms with Crippen molar-refractivity contribution in [2.24, 2.45) is 0 Å². The number of fused-ring (bicyclic) bond motifs is 1. The average Bonchev–Trinajstić information content (AvgIpc) is 2.99. The average molecular weight is 295 g/mol. The van der Waals surface area contributed by atoms with Crippen molar-refractivity contribution in [2.45, 2.75) is 13.0 Å². The van der Waals surface area contributed by atoms with Crippen LogP contribution >= 0.6 is 0 Å². The van der Waals surface area contributed by atoms with Crippen LogP contribution in [0, 0.1) is 0 Å². The summed E-state index contributed by atoms with van der Waals surface area (Å²) in [5.74, 6) is 1.32. The minimum Gasteiger partial charge on any atom is -0.497 e. The van der Waals surface area contributed by atoms with E-state index in [1.165, 1.54) is 0 Å². The van der Waals surface area contributed by atoms with E-state index in [0.717, 1.165) is 22.5 Å². The molecular weight excluding hydrogens is 278 g/mol. The first-order valence-electron chi connectivity index (χ1n) is 7.11. The molecule has 0 unspecified atom stereocenters. The number of hydrogen-bond acceptors (Lipinski definition) is 3. The van der Waals surface area contributed by atoms with Crippen LogP contribution in [0.1, 0.15) is 29.1 Å². The number of nitrogens with one attached hydrogen (secondary N) is 1. The molecule has 0 aliphatic heterocycles. The Labute approximate surface area is 128 Å². The first-order valence-corrected chi connectivity index (χ1v) is 7.11. The van der Waals surface area contributed by atoms with E-state index in [0.29, 0.717) is 5.56 Å². The molecule has 1 atom stereocenters. The van der Waals surface area contributed by atoms with Gasteiger partial charge in [0.15, 0.2) is 0 Å². The number of amides is 1. The number of hydrogen-bond donors (Lipinski definition) is 1. The van der Waals surface area contributed by atoms with Gasteiger partial charge in [0.05, 0.1) is 13.2 Å². The van der Waals surface area contributed by atoms with Gasteiger partial charge >= 0.3 is 0 Å². The maximum atomic E-state index is 12.2. The highest BCUT2D eigenvalue weighted by molar-refractivity contribution is 5.94. The second-order valence-electron chi connectivity index (χ2n) is 5.11. The second-order valence-corrected chi connectivity index (χ2v) is 5.11. The molecule has 0 bridgehead atoms. The van der Waals surface area contributed by atoms with Gasteiger partial charge in [-0.3, -0.25) is 4.79 Å². The highest BCUT2D eigenvalue weighted by Gasteiger charge is 2.15. The molecule has 0 spiro atoms. The Morgan fingerprint density at radius 2 is 1.86 bits per heavy atom. The monoisotopic (exact) mass is 295 g/mol. The Hall–Kier alpha value is -2.75. The summed E-state index contributed by atoms with van der Waals surface area (Å²) in [5.41, 5.74) is 1.41. The lowest BCUT2D eigenvalue weighted by Crippen LogP contribution is -2.26. The number of methoxy groups -OCH3 is 1. The lowest BCUT2D eigenvalue weighted by atomic mass is 10.1. The minimum absolute atomic E-state index is 0.143. The van der Waals surface area contributed by atoms with Gasteiger partial charge in [-0.15, -0.1) is 0 Å². The summed E-state index contributed by atoms with van der Waals surface area (Å²) in [6.45, 7) is 1.90. The van der Waals surface area contributed by atoms with Crippen molar-refractivity contribution in [2.75, 3.05) is 7.11 Å². The molecule has 0 saturated heterocycles.